The smallest absolute Gasteiger partial charge is 0.407 e. The van der Waals surface area contributed by atoms with Crippen LogP contribution in [0.3, 0.4) is 0 Å². The molecule has 3 amide bonds. The van der Waals surface area contributed by atoms with E-state index in [1.807, 2.05) is 22.2 Å². The van der Waals surface area contributed by atoms with E-state index in [1.165, 1.54) is 5.56 Å². The zero-order valence-corrected chi connectivity index (χ0v) is 21.4. The van der Waals surface area contributed by atoms with Crippen LogP contribution in [-0.2, 0) is 17.7 Å². The van der Waals surface area contributed by atoms with Gasteiger partial charge in [-0.05, 0) is 72.6 Å². The Hall–Kier alpha value is -3.59. The van der Waals surface area contributed by atoms with E-state index in [0.717, 1.165) is 64.5 Å². The number of ether oxygens (including phenoxy) is 1. The molecule has 6 rings (SSSR count). The molecule has 2 aromatic heterocycles. The van der Waals surface area contributed by atoms with Crippen LogP contribution in [0.4, 0.5) is 9.59 Å². The zero-order valence-electron chi connectivity index (χ0n) is 21.4. The third kappa shape index (κ3) is 4.21. The second-order valence-electron chi connectivity index (χ2n) is 10.5. The lowest BCUT2D eigenvalue weighted by molar-refractivity contribution is 0.104. The molecule has 0 spiro atoms. The molecular formula is C28H33N5O4. The summed E-state index contributed by atoms with van der Waals surface area (Å²) in [6.45, 7) is 5.06. The number of nitrogens with zero attached hydrogens (tertiary/aromatic N) is 4. The number of urea groups is 1. The second-order valence-corrected chi connectivity index (χ2v) is 10.5. The van der Waals surface area contributed by atoms with Crippen molar-refractivity contribution in [1.29, 1.82) is 0 Å². The van der Waals surface area contributed by atoms with Gasteiger partial charge in [-0.1, -0.05) is 6.07 Å². The van der Waals surface area contributed by atoms with Crippen molar-refractivity contribution in [3.63, 3.8) is 0 Å². The molecule has 2 atom stereocenters. The molecule has 2 fully saturated rings. The van der Waals surface area contributed by atoms with Crippen molar-refractivity contribution < 1.29 is 19.4 Å². The third-order valence-corrected chi connectivity index (χ3v) is 8.32. The fourth-order valence-electron chi connectivity index (χ4n) is 6.23. The predicted molar refractivity (Wildman–Crippen MR) is 139 cm³/mol. The topological polar surface area (TPSA) is 102 Å². The molecule has 0 saturated carbocycles. The summed E-state index contributed by atoms with van der Waals surface area (Å²) in [4.78, 5) is 38.7. The van der Waals surface area contributed by atoms with E-state index in [9.17, 15) is 14.7 Å². The summed E-state index contributed by atoms with van der Waals surface area (Å²) in [6, 6.07) is 6.33. The molecule has 3 aliphatic rings. The van der Waals surface area contributed by atoms with Crippen molar-refractivity contribution in [3.05, 3.63) is 52.8 Å². The number of carbonyl (C=O) groups excluding carboxylic acids is 1. The van der Waals surface area contributed by atoms with Gasteiger partial charge in [0.25, 0.3) is 0 Å². The van der Waals surface area contributed by atoms with Gasteiger partial charge in [0.2, 0.25) is 0 Å². The molecule has 0 unspecified atom stereocenters. The number of aromatic amines is 1. The van der Waals surface area contributed by atoms with E-state index >= 15 is 0 Å². The number of carbonyl (C=O) groups is 2. The maximum atomic E-state index is 13.4. The number of aromatic nitrogens is 2. The van der Waals surface area contributed by atoms with E-state index in [1.54, 1.807) is 12.0 Å². The molecule has 194 valence electrons. The molecule has 0 bridgehead atoms. The average molecular weight is 504 g/mol. The molecule has 5 heterocycles. The van der Waals surface area contributed by atoms with Gasteiger partial charge < -0.3 is 29.5 Å². The van der Waals surface area contributed by atoms with Gasteiger partial charge in [-0.2, -0.15) is 0 Å². The first-order valence-corrected chi connectivity index (χ1v) is 13.1. The van der Waals surface area contributed by atoms with E-state index < -0.39 is 6.09 Å². The highest BCUT2D eigenvalue weighted by Crippen LogP contribution is 2.40. The number of fused-ring (bicyclic) bond motifs is 2. The fraction of sp³-hybridized carbons (Fsp3) is 0.464. The van der Waals surface area contributed by atoms with Crippen LogP contribution in [0.15, 0.2) is 30.6 Å². The lowest BCUT2D eigenvalue weighted by Crippen LogP contribution is -2.45. The Labute approximate surface area is 216 Å². The number of hydrogen-bond acceptors (Lipinski definition) is 4. The number of pyridine rings is 1. The lowest BCUT2D eigenvalue weighted by atomic mass is 9.87. The second kappa shape index (κ2) is 9.37. The Morgan fingerprint density at radius 1 is 1.11 bits per heavy atom. The lowest BCUT2D eigenvalue weighted by Gasteiger charge is -2.35. The number of H-pyrrole nitrogens is 1. The third-order valence-electron chi connectivity index (χ3n) is 8.32. The minimum Gasteiger partial charge on any atom is -0.465 e. The largest absolute Gasteiger partial charge is 0.465 e. The van der Waals surface area contributed by atoms with Gasteiger partial charge in [0.05, 0.1) is 12.1 Å². The van der Waals surface area contributed by atoms with Crippen molar-refractivity contribution in [3.8, 4) is 11.1 Å². The number of hydrogen-bond donors (Lipinski definition) is 2. The highest BCUT2D eigenvalue weighted by molar-refractivity contribution is 5.85. The summed E-state index contributed by atoms with van der Waals surface area (Å²) >= 11 is 0. The average Bonchev–Trinajstić information content (AvgIpc) is 3.67. The van der Waals surface area contributed by atoms with Gasteiger partial charge in [0, 0.05) is 63.2 Å². The highest BCUT2D eigenvalue weighted by atomic mass is 16.5. The molecule has 9 nitrogen and oxygen atoms in total. The van der Waals surface area contributed by atoms with Gasteiger partial charge in [-0.25, -0.2) is 14.6 Å². The Balaban J connectivity index is 1.39. The first-order valence-electron chi connectivity index (χ1n) is 13.1. The molecule has 1 aromatic carbocycles. The van der Waals surface area contributed by atoms with Crippen LogP contribution in [0.1, 0.15) is 47.6 Å². The Bertz CT molecular complexity index is 1370. The zero-order chi connectivity index (χ0) is 25.7. The minimum absolute atomic E-state index is 0.0410. The van der Waals surface area contributed by atoms with Gasteiger partial charge in [0.1, 0.15) is 5.65 Å². The Morgan fingerprint density at radius 2 is 1.97 bits per heavy atom. The number of likely N-dealkylation sites (tertiary alicyclic amines) is 2. The summed E-state index contributed by atoms with van der Waals surface area (Å²) in [5.74, 6) is 0. The normalized spacial score (nSPS) is 21.6. The van der Waals surface area contributed by atoms with Gasteiger partial charge in [-0.3, -0.25) is 0 Å². The van der Waals surface area contributed by atoms with Crippen LogP contribution in [-0.4, -0.2) is 81.3 Å². The monoisotopic (exact) mass is 503 g/mol. The Morgan fingerprint density at radius 3 is 2.76 bits per heavy atom. The van der Waals surface area contributed by atoms with Crippen LogP contribution in [0, 0.1) is 6.92 Å². The SMILES string of the molecule is CO[C@H]1CCN(C(=O)N2CCc3cc(-c4cnc5[nH]cc(C)c5c4)cc([C@@H]4CCCN4C(=O)O)c3C2)C1. The first kappa shape index (κ1) is 23.8. The fourth-order valence-corrected chi connectivity index (χ4v) is 6.23. The van der Waals surface area contributed by atoms with Gasteiger partial charge in [-0.15, -0.1) is 0 Å². The van der Waals surface area contributed by atoms with Crippen molar-refractivity contribution in [2.24, 2.45) is 0 Å². The number of amides is 3. The number of benzene rings is 1. The van der Waals surface area contributed by atoms with Crippen LogP contribution >= 0.6 is 0 Å². The molecule has 0 radical (unpaired) electrons. The van der Waals surface area contributed by atoms with Crippen LogP contribution in [0.2, 0.25) is 0 Å². The number of carboxylic acid groups (broad SMARTS) is 1. The standard InChI is InChI=1S/C28H33N5O4/c1-17-13-29-26-22(17)12-20(14-30-26)19-10-18-5-8-32(27(34)31-9-6-21(15-31)37-2)16-24(18)23(11-19)25-4-3-7-33(25)28(35)36/h10-14,21,25H,3-9,15-16H2,1-2H3,(H,29,30)(H,35,36)/t21-,25-/m0/s1. The quantitative estimate of drug-likeness (QED) is 0.546. The van der Waals surface area contributed by atoms with Gasteiger partial charge in [0.15, 0.2) is 0 Å². The number of rotatable bonds is 3. The molecule has 0 aliphatic carbocycles. The van der Waals surface area contributed by atoms with Crippen molar-refractivity contribution in [2.75, 3.05) is 33.3 Å². The van der Waals surface area contributed by atoms with E-state index in [0.29, 0.717) is 32.7 Å². The highest BCUT2D eigenvalue weighted by Gasteiger charge is 2.36. The Kier molecular flexibility index (Phi) is 6.03. The maximum Gasteiger partial charge on any atom is 0.407 e. The van der Waals surface area contributed by atoms with Crippen LogP contribution < -0.4 is 0 Å². The van der Waals surface area contributed by atoms with E-state index in [4.69, 9.17) is 4.74 Å². The van der Waals surface area contributed by atoms with Crippen LogP contribution in [0.25, 0.3) is 22.2 Å². The van der Waals surface area contributed by atoms with Crippen molar-refractivity contribution in [1.82, 2.24) is 24.7 Å². The van der Waals surface area contributed by atoms with Crippen molar-refractivity contribution in [2.45, 2.75) is 51.3 Å². The molecule has 2 saturated heterocycles. The van der Waals surface area contributed by atoms with E-state index in [-0.39, 0.29) is 18.2 Å². The summed E-state index contributed by atoms with van der Waals surface area (Å²) in [5, 5.41) is 11.0. The van der Waals surface area contributed by atoms with Gasteiger partial charge >= 0.3 is 12.1 Å². The maximum absolute atomic E-state index is 13.4. The molecular weight excluding hydrogens is 470 g/mol. The van der Waals surface area contributed by atoms with Crippen LogP contribution in [0.5, 0.6) is 0 Å². The number of methoxy groups -OCH3 is 1. The predicted octanol–water partition coefficient (Wildman–Crippen LogP) is 4.55. The molecule has 3 aromatic rings. The molecule has 37 heavy (non-hydrogen) atoms. The number of nitrogens with one attached hydrogen (secondary N) is 1. The summed E-state index contributed by atoms with van der Waals surface area (Å²) in [6.07, 6.45) is 6.26. The number of aryl methyl sites for hydroxylation is 1. The summed E-state index contributed by atoms with van der Waals surface area (Å²) in [5.41, 5.74) is 7.36. The molecule has 3 aliphatic heterocycles. The first-order chi connectivity index (χ1) is 17.9. The summed E-state index contributed by atoms with van der Waals surface area (Å²) < 4.78 is 5.46. The summed E-state index contributed by atoms with van der Waals surface area (Å²) in [7, 11) is 1.69. The molecule has 9 heteroatoms. The molecule has 2 N–H and O–H groups in total. The van der Waals surface area contributed by atoms with E-state index in [2.05, 4.69) is 35.1 Å². The van der Waals surface area contributed by atoms with Crippen molar-refractivity contribution >= 4 is 23.2 Å². The minimum atomic E-state index is -0.890.